The fraction of sp³-hybridized carbons (Fsp3) is 0.316. The Morgan fingerprint density at radius 2 is 1.68 bits per heavy atom. The predicted octanol–water partition coefficient (Wildman–Crippen LogP) is 4.16. The van der Waals surface area contributed by atoms with Gasteiger partial charge in [0.05, 0.1) is 0 Å². The first-order valence-electron chi connectivity index (χ1n) is 7.87. The van der Waals surface area contributed by atoms with Crippen molar-refractivity contribution in [2.75, 3.05) is 23.3 Å². The third-order valence-electron chi connectivity index (χ3n) is 4.24. The Hall–Kier alpha value is -2.29. The highest BCUT2D eigenvalue weighted by atomic mass is 16.1. The fourth-order valence-corrected chi connectivity index (χ4v) is 2.86. The minimum atomic E-state index is -0.0540. The number of amides is 1. The topological polar surface area (TPSA) is 32.3 Å². The lowest BCUT2D eigenvalue weighted by Crippen LogP contribution is -2.18. The second kappa shape index (κ2) is 6.22. The molecule has 3 rings (SSSR count). The van der Waals surface area contributed by atoms with E-state index >= 15 is 0 Å². The van der Waals surface area contributed by atoms with Crippen molar-refractivity contribution < 1.29 is 4.79 Å². The summed E-state index contributed by atoms with van der Waals surface area (Å²) in [5, 5.41) is 3.00. The van der Waals surface area contributed by atoms with Crippen LogP contribution in [0.4, 0.5) is 11.4 Å². The molecule has 3 nitrogen and oxygen atoms in total. The second-order valence-corrected chi connectivity index (χ2v) is 6.01. The molecule has 0 aromatic heterocycles. The highest BCUT2D eigenvalue weighted by Gasteiger charge is 2.13. The predicted molar refractivity (Wildman–Crippen MR) is 91.8 cm³/mol. The van der Waals surface area contributed by atoms with Gasteiger partial charge < -0.3 is 10.2 Å². The van der Waals surface area contributed by atoms with Crippen LogP contribution in [0.3, 0.4) is 0 Å². The lowest BCUT2D eigenvalue weighted by atomic mass is 10.1. The number of hydrogen-bond donors (Lipinski definition) is 1. The first kappa shape index (κ1) is 14.6. The van der Waals surface area contributed by atoms with Crippen molar-refractivity contribution in [3.8, 4) is 0 Å². The summed E-state index contributed by atoms with van der Waals surface area (Å²) in [6, 6.07) is 14.0. The third-order valence-corrected chi connectivity index (χ3v) is 4.24. The Labute approximate surface area is 132 Å². The van der Waals surface area contributed by atoms with E-state index in [9.17, 15) is 4.79 Å². The van der Waals surface area contributed by atoms with Crippen molar-refractivity contribution in [3.63, 3.8) is 0 Å². The van der Waals surface area contributed by atoms with E-state index < -0.39 is 0 Å². The van der Waals surface area contributed by atoms with Gasteiger partial charge in [-0.05, 0) is 68.1 Å². The summed E-state index contributed by atoms with van der Waals surface area (Å²) >= 11 is 0. The van der Waals surface area contributed by atoms with Gasteiger partial charge in [-0.2, -0.15) is 0 Å². The molecule has 0 radical (unpaired) electrons. The van der Waals surface area contributed by atoms with Crippen LogP contribution in [0.2, 0.25) is 0 Å². The molecule has 2 aromatic rings. The van der Waals surface area contributed by atoms with Crippen LogP contribution in [-0.4, -0.2) is 19.0 Å². The Bertz CT molecular complexity index is 670. The van der Waals surface area contributed by atoms with Gasteiger partial charge in [0.15, 0.2) is 0 Å². The van der Waals surface area contributed by atoms with Gasteiger partial charge in [-0.1, -0.05) is 12.1 Å². The van der Waals surface area contributed by atoms with Crippen molar-refractivity contribution in [2.45, 2.75) is 26.7 Å². The molecule has 1 saturated heterocycles. The van der Waals surface area contributed by atoms with Crippen LogP contribution >= 0.6 is 0 Å². The van der Waals surface area contributed by atoms with Crippen LogP contribution in [0.1, 0.15) is 34.3 Å². The molecule has 1 heterocycles. The zero-order valence-electron chi connectivity index (χ0n) is 13.2. The van der Waals surface area contributed by atoms with Crippen molar-refractivity contribution in [2.24, 2.45) is 0 Å². The summed E-state index contributed by atoms with van der Waals surface area (Å²) in [4.78, 5) is 14.8. The molecule has 0 spiro atoms. The van der Waals surface area contributed by atoms with E-state index in [2.05, 4.69) is 16.3 Å². The molecule has 2 aromatic carbocycles. The standard InChI is InChI=1S/C19H22N2O/c1-14-5-6-15(2)18(13-14)20-19(22)16-7-9-17(10-8-16)21-11-3-4-12-21/h5-10,13H,3-4,11-12H2,1-2H3,(H,20,22). The molecule has 1 fully saturated rings. The van der Waals surface area contributed by atoms with E-state index in [1.807, 2.05) is 50.2 Å². The van der Waals surface area contributed by atoms with Gasteiger partial charge in [-0.3, -0.25) is 4.79 Å². The number of anilines is 2. The Morgan fingerprint density at radius 1 is 1.00 bits per heavy atom. The minimum Gasteiger partial charge on any atom is -0.372 e. The molecule has 0 aliphatic carbocycles. The number of nitrogens with zero attached hydrogens (tertiary/aromatic N) is 1. The van der Waals surface area contributed by atoms with Gasteiger partial charge in [0, 0.05) is 30.0 Å². The number of carbonyl (C=O) groups is 1. The molecule has 114 valence electrons. The minimum absolute atomic E-state index is 0.0540. The number of hydrogen-bond acceptors (Lipinski definition) is 2. The lowest BCUT2D eigenvalue weighted by Gasteiger charge is -2.17. The normalized spacial score (nSPS) is 14.2. The van der Waals surface area contributed by atoms with E-state index in [0.29, 0.717) is 5.56 Å². The number of benzene rings is 2. The maximum atomic E-state index is 12.4. The molecule has 1 amide bonds. The first-order chi connectivity index (χ1) is 10.6. The third kappa shape index (κ3) is 3.14. The molecule has 0 bridgehead atoms. The first-order valence-corrected chi connectivity index (χ1v) is 7.87. The monoisotopic (exact) mass is 294 g/mol. The fourth-order valence-electron chi connectivity index (χ4n) is 2.86. The summed E-state index contributed by atoms with van der Waals surface area (Å²) in [5.41, 5.74) is 5.01. The van der Waals surface area contributed by atoms with Crippen molar-refractivity contribution in [1.82, 2.24) is 0 Å². The van der Waals surface area contributed by atoms with Crippen molar-refractivity contribution >= 4 is 17.3 Å². The van der Waals surface area contributed by atoms with Crippen LogP contribution in [0.25, 0.3) is 0 Å². The SMILES string of the molecule is Cc1ccc(C)c(NC(=O)c2ccc(N3CCCC3)cc2)c1. The quantitative estimate of drug-likeness (QED) is 0.922. The molecule has 1 aliphatic rings. The van der Waals surface area contributed by atoms with Crippen LogP contribution in [0.15, 0.2) is 42.5 Å². The van der Waals surface area contributed by atoms with E-state index in [1.54, 1.807) is 0 Å². The van der Waals surface area contributed by atoms with E-state index in [0.717, 1.165) is 29.9 Å². The summed E-state index contributed by atoms with van der Waals surface area (Å²) in [7, 11) is 0. The van der Waals surface area contributed by atoms with Gasteiger partial charge in [-0.15, -0.1) is 0 Å². The van der Waals surface area contributed by atoms with Crippen LogP contribution < -0.4 is 10.2 Å². The number of aryl methyl sites for hydroxylation is 2. The zero-order chi connectivity index (χ0) is 15.5. The van der Waals surface area contributed by atoms with Gasteiger partial charge in [0.1, 0.15) is 0 Å². The van der Waals surface area contributed by atoms with E-state index in [-0.39, 0.29) is 5.91 Å². The van der Waals surface area contributed by atoms with Crippen LogP contribution in [-0.2, 0) is 0 Å². The van der Waals surface area contributed by atoms with Gasteiger partial charge >= 0.3 is 0 Å². The molecule has 0 atom stereocenters. The molecule has 0 saturated carbocycles. The largest absolute Gasteiger partial charge is 0.372 e. The van der Waals surface area contributed by atoms with E-state index in [1.165, 1.54) is 18.5 Å². The average molecular weight is 294 g/mol. The molecule has 1 N–H and O–H groups in total. The second-order valence-electron chi connectivity index (χ2n) is 6.01. The maximum Gasteiger partial charge on any atom is 0.255 e. The summed E-state index contributed by atoms with van der Waals surface area (Å²) in [5.74, 6) is -0.0540. The summed E-state index contributed by atoms with van der Waals surface area (Å²) < 4.78 is 0. The van der Waals surface area contributed by atoms with E-state index in [4.69, 9.17) is 0 Å². The highest BCUT2D eigenvalue weighted by Crippen LogP contribution is 2.21. The highest BCUT2D eigenvalue weighted by molar-refractivity contribution is 6.04. The van der Waals surface area contributed by atoms with Crippen LogP contribution in [0, 0.1) is 13.8 Å². The zero-order valence-corrected chi connectivity index (χ0v) is 13.2. The summed E-state index contributed by atoms with van der Waals surface area (Å²) in [6.07, 6.45) is 2.52. The Kier molecular flexibility index (Phi) is 4.14. The smallest absolute Gasteiger partial charge is 0.255 e. The van der Waals surface area contributed by atoms with Crippen molar-refractivity contribution in [3.05, 3.63) is 59.2 Å². The maximum absolute atomic E-state index is 12.4. The lowest BCUT2D eigenvalue weighted by molar-refractivity contribution is 0.102. The molecule has 3 heteroatoms. The average Bonchev–Trinajstić information content (AvgIpc) is 3.05. The van der Waals surface area contributed by atoms with Gasteiger partial charge in [0.2, 0.25) is 0 Å². The molecule has 1 aliphatic heterocycles. The molecule has 0 unspecified atom stereocenters. The Morgan fingerprint density at radius 3 is 2.36 bits per heavy atom. The molecular weight excluding hydrogens is 272 g/mol. The van der Waals surface area contributed by atoms with Crippen molar-refractivity contribution in [1.29, 1.82) is 0 Å². The van der Waals surface area contributed by atoms with Gasteiger partial charge in [0.25, 0.3) is 5.91 Å². The number of nitrogens with one attached hydrogen (secondary N) is 1. The number of carbonyl (C=O) groups excluding carboxylic acids is 1. The molecule has 22 heavy (non-hydrogen) atoms. The van der Waals surface area contributed by atoms with Gasteiger partial charge in [-0.25, -0.2) is 0 Å². The Balaban J connectivity index is 1.73. The van der Waals surface area contributed by atoms with Crippen LogP contribution in [0.5, 0.6) is 0 Å². The summed E-state index contributed by atoms with van der Waals surface area (Å²) in [6.45, 7) is 6.27. The molecular formula is C19H22N2O. The number of rotatable bonds is 3.